The van der Waals surface area contributed by atoms with Crippen LogP contribution in [0, 0.1) is 0 Å². The molecular weight excluding hydrogens is 342 g/mol. The number of phenolic OH excluding ortho intramolecular Hbond substituents is 1. The molecule has 0 aliphatic carbocycles. The summed E-state index contributed by atoms with van der Waals surface area (Å²) < 4.78 is 3.54. The summed E-state index contributed by atoms with van der Waals surface area (Å²) in [5.74, 6) is 0.422. The fraction of sp³-hybridized carbons (Fsp3) is 0.0500. The largest absolute Gasteiger partial charge is 0.507 e. The number of anilines is 2. The maximum atomic E-state index is 11.2. The molecule has 0 unspecified atom stereocenters. The molecule has 0 spiro atoms. The Hall–Kier alpha value is -3.87. The van der Waals surface area contributed by atoms with E-state index in [1.807, 2.05) is 46.9 Å². The first-order valence-corrected chi connectivity index (χ1v) is 8.42. The molecule has 4 aromatic rings. The number of para-hydroxylation sites is 2. The molecule has 0 atom stereocenters. The van der Waals surface area contributed by atoms with E-state index in [0.29, 0.717) is 22.7 Å². The number of benzene rings is 2. The van der Waals surface area contributed by atoms with Crippen molar-refractivity contribution in [1.29, 1.82) is 0 Å². The Labute approximate surface area is 155 Å². The molecule has 4 N–H and O–H groups in total. The van der Waals surface area contributed by atoms with Crippen molar-refractivity contribution in [2.45, 2.75) is 6.54 Å². The van der Waals surface area contributed by atoms with Gasteiger partial charge in [0.25, 0.3) is 5.91 Å². The second kappa shape index (κ2) is 6.80. The number of aromatic hydroxyl groups is 1. The number of primary amides is 1. The molecule has 0 saturated carbocycles. The lowest BCUT2D eigenvalue weighted by Gasteiger charge is -2.09. The smallest absolute Gasteiger partial charge is 0.283 e. The molecule has 0 radical (unpaired) electrons. The van der Waals surface area contributed by atoms with Crippen molar-refractivity contribution >= 4 is 23.1 Å². The second-order valence-electron chi connectivity index (χ2n) is 6.11. The van der Waals surface area contributed by atoms with Crippen molar-refractivity contribution in [1.82, 2.24) is 9.38 Å². The van der Waals surface area contributed by atoms with Gasteiger partial charge in [-0.3, -0.25) is 9.20 Å². The van der Waals surface area contributed by atoms with Crippen LogP contribution in [0.2, 0.25) is 0 Å². The van der Waals surface area contributed by atoms with Crippen LogP contribution in [0.5, 0.6) is 5.75 Å². The summed E-state index contributed by atoms with van der Waals surface area (Å²) in [5.41, 5.74) is 8.02. The topological polar surface area (TPSA) is 96.5 Å². The average molecular weight is 360 g/mol. The van der Waals surface area contributed by atoms with Crippen LogP contribution in [0.25, 0.3) is 16.9 Å². The molecule has 2 heterocycles. The normalized spacial score (nSPS) is 10.8. The van der Waals surface area contributed by atoms with Crippen LogP contribution in [0.4, 0.5) is 11.5 Å². The number of carbonyl (C=O) groups is 1. The van der Waals surface area contributed by atoms with Gasteiger partial charge in [0.15, 0.2) is 6.20 Å². The first kappa shape index (κ1) is 16.6. The van der Waals surface area contributed by atoms with Gasteiger partial charge >= 0.3 is 0 Å². The van der Waals surface area contributed by atoms with Crippen molar-refractivity contribution in [3.8, 4) is 17.0 Å². The zero-order chi connectivity index (χ0) is 18.8. The molecule has 0 aliphatic rings. The summed E-state index contributed by atoms with van der Waals surface area (Å²) in [6, 6.07) is 16.8. The van der Waals surface area contributed by atoms with Crippen LogP contribution in [0.15, 0.2) is 73.2 Å². The van der Waals surface area contributed by atoms with Crippen molar-refractivity contribution in [3.05, 3.63) is 73.2 Å². The number of aromatic nitrogens is 3. The minimum absolute atomic E-state index is 0.0662. The van der Waals surface area contributed by atoms with Crippen LogP contribution in [0.3, 0.4) is 0 Å². The number of hydrogen-bond donors (Lipinski definition) is 3. The van der Waals surface area contributed by atoms with Crippen molar-refractivity contribution in [2.75, 3.05) is 5.32 Å². The number of carbonyl (C=O) groups excluding carboxylic acids is 1. The predicted molar refractivity (Wildman–Crippen MR) is 101 cm³/mol. The molecule has 4 rings (SSSR count). The number of amides is 1. The van der Waals surface area contributed by atoms with Crippen molar-refractivity contribution < 1.29 is 14.5 Å². The van der Waals surface area contributed by atoms with Gasteiger partial charge in [0.2, 0.25) is 18.4 Å². The number of hydrogen-bond acceptors (Lipinski definition) is 4. The fourth-order valence-electron chi connectivity index (χ4n) is 2.95. The van der Waals surface area contributed by atoms with Gasteiger partial charge in [-0.2, -0.15) is 4.57 Å². The van der Waals surface area contributed by atoms with Crippen LogP contribution in [-0.4, -0.2) is 20.4 Å². The fourth-order valence-corrected chi connectivity index (χ4v) is 2.95. The Morgan fingerprint density at radius 1 is 1.15 bits per heavy atom. The lowest BCUT2D eigenvalue weighted by molar-refractivity contribution is -0.683. The monoisotopic (exact) mass is 360 g/mol. The van der Waals surface area contributed by atoms with E-state index >= 15 is 0 Å². The molecule has 0 fully saturated rings. The third kappa shape index (κ3) is 3.30. The molecule has 0 aliphatic heterocycles. The highest BCUT2D eigenvalue weighted by Gasteiger charge is 2.19. The molecule has 0 saturated heterocycles. The highest BCUT2D eigenvalue weighted by atomic mass is 16.3. The Morgan fingerprint density at radius 2 is 1.89 bits per heavy atom. The minimum atomic E-state index is -0.431. The van der Waals surface area contributed by atoms with E-state index in [2.05, 4.69) is 10.3 Å². The summed E-state index contributed by atoms with van der Waals surface area (Å²) >= 11 is 0. The van der Waals surface area contributed by atoms with E-state index < -0.39 is 5.91 Å². The highest BCUT2D eigenvalue weighted by Crippen LogP contribution is 2.35. The Morgan fingerprint density at radius 3 is 2.63 bits per heavy atom. The van der Waals surface area contributed by atoms with Crippen molar-refractivity contribution in [2.24, 2.45) is 5.73 Å². The number of nitrogens with two attached hydrogens (primary N) is 1. The van der Waals surface area contributed by atoms with Gasteiger partial charge in [0, 0.05) is 11.3 Å². The lowest BCUT2D eigenvalue weighted by Crippen LogP contribution is -2.40. The number of fused-ring (bicyclic) bond motifs is 1. The van der Waals surface area contributed by atoms with Crippen LogP contribution >= 0.6 is 0 Å². The standard InChI is InChI=1S/C20H17N5O2/c21-17(27)12-24-10-11-25-18(13-24)23-19(15-8-4-5-9-16(15)26)20(25)22-14-6-2-1-3-7-14/h1-11,13H,12H2,(H3,21,23,26,27)/p+1. The number of nitrogens with zero attached hydrogens (tertiary/aromatic N) is 3. The van der Waals surface area contributed by atoms with E-state index in [1.54, 1.807) is 35.3 Å². The number of imidazole rings is 1. The van der Waals surface area contributed by atoms with Crippen LogP contribution < -0.4 is 15.6 Å². The van der Waals surface area contributed by atoms with E-state index in [0.717, 1.165) is 5.69 Å². The highest BCUT2D eigenvalue weighted by molar-refractivity contribution is 5.82. The first-order chi connectivity index (χ1) is 13.1. The van der Waals surface area contributed by atoms with Gasteiger partial charge < -0.3 is 16.2 Å². The van der Waals surface area contributed by atoms with E-state index in [4.69, 9.17) is 5.73 Å². The summed E-state index contributed by atoms with van der Waals surface area (Å²) in [4.78, 5) is 15.9. The third-order valence-corrected chi connectivity index (χ3v) is 4.16. The molecule has 1 amide bonds. The van der Waals surface area contributed by atoms with Gasteiger partial charge in [0.1, 0.15) is 17.3 Å². The van der Waals surface area contributed by atoms with Gasteiger partial charge in [-0.25, -0.2) is 4.98 Å². The number of nitrogens with one attached hydrogen (secondary N) is 1. The molecule has 27 heavy (non-hydrogen) atoms. The van der Waals surface area contributed by atoms with Gasteiger partial charge in [-0.05, 0) is 24.3 Å². The zero-order valence-corrected chi connectivity index (χ0v) is 14.4. The molecule has 7 nitrogen and oxygen atoms in total. The van der Waals surface area contributed by atoms with Crippen LogP contribution in [0.1, 0.15) is 0 Å². The SMILES string of the molecule is NC(=O)C[n+]1ccn2c(Nc3ccccc3)c(-c3ccccc3O)nc2c1. The first-order valence-electron chi connectivity index (χ1n) is 8.42. The summed E-state index contributed by atoms with van der Waals surface area (Å²) in [7, 11) is 0. The second-order valence-corrected chi connectivity index (χ2v) is 6.11. The number of phenols is 1. The van der Waals surface area contributed by atoms with Crippen molar-refractivity contribution in [3.63, 3.8) is 0 Å². The molecule has 0 bridgehead atoms. The predicted octanol–water partition coefficient (Wildman–Crippen LogP) is 2.22. The maximum Gasteiger partial charge on any atom is 0.283 e. The maximum absolute atomic E-state index is 11.2. The Bertz CT molecular complexity index is 1120. The van der Waals surface area contributed by atoms with E-state index in [-0.39, 0.29) is 12.3 Å². The van der Waals surface area contributed by atoms with Gasteiger partial charge in [-0.15, -0.1) is 0 Å². The Kier molecular flexibility index (Phi) is 4.18. The van der Waals surface area contributed by atoms with Gasteiger partial charge in [-0.1, -0.05) is 30.3 Å². The van der Waals surface area contributed by atoms with E-state index in [1.165, 1.54) is 0 Å². The lowest BCUT2D eigenvalue weighted by atomic mass is 10.1. The van der Waals surface area contributed by atoms with Crippen LogP contribution in [-0.2, 0) is 11.3 Å². The zero-order valence-electron chi connectivity index (χ0n) is 14.4. The minimum Gasteiger partial charge on any atom is -0.507 e. The Balaban J connectivity index is 1.90. The number of rotatable bonds is 5. The van der Waals surface area contributed by atoms with Gasteiger partial charge in [0.05, 0.1) is 6.20 Å². The molecule has 134 valence electrons. The quantitative estimate of drug-likeness (QED) is 0.476. The summed E-state index contributed by atoms with van der Waals surface area (Å²) in [5, 5.41) is 13.7. The van der Waals surface area contributed by atoms with E-state index in [9.17, 15) is 9.90 Å². The summed E-state index contributed by atoms with van der Waals surface area (Å²) in [6.07, 6.45) is 5.30. The molecule has 7 heteroatoms. The average Bonchev–Trinajstić information content (AvgIpc) is 3.00. The molecular formula is C20H18N5O2+. The molecule has 2 aromatic carbocycles. The summed E-state index contributed by atoms with van der Waals surface area (Å²) in [6.45, 7) is 0.0662. The third-order valence-electron chi connectivity index (χ3n) is 4.16. The molecule has 2 aromatic heterocycles.